The zero-order valence-corrected chi connectivity index (χ0v) is 12.9. The van der Waals surface area contributed by atoms with E-state index in [1.165, 1.54) is 7.05 Å². The summed E-state index contributed by atoms with van der Waals surface area (Å²) in [7, 11) is 1.20. The summed E-state index contributed by atoms with van der Waals surface area (Å²) in [5, 5.41) is 0. The second kappa shape index (κ2) is 6.58. The molecule has 1 aromatic rings. The van der Waals surface area contributed by atoms with Gasteiger partial charge in [0, 0.05) is 18.8 Å². The van der Waals surface area contributed by atoms with Gasteiger partial charge in [-0.1, -0.05) is 25.1 Å². The molecule has 2 rings (SSSR count). The molecule has 1 heterocycles. The number of alkyl halides is 3. The van der Waals surface area contributed by atoms with E-state index < -0.39 is 18.6 Å². The molecule has 1 amide bonds. The third-order valence-corrected chi connectivity index (χ3v) is 4.11. The van der Waals surface area contributed by atoms with E-state index in [0.717, 1.165) is 35.4 Å². The Bertz CT molecular complexity index is 530. The Morgan fingerprint density at radius 2 is 2.05 bits per heavy atom. The Morgan fingerprint density at radius 1 is 1.36 bits per heavy atom. The highest BCUT2D eigenvalue weighted by molar-refractivity contribution is 5.82. The Kier molecular flexibility index (Phi) is 4.98. The lowest BCUT2D eigenvalue weighted by atomic mass is 9.94. The van der Waals surface area contributed by atoms with Gasteiger partial charge in [-0.15, -0.1) is 0 Å². The fraction of sp³-hybridized carbons (Fsp3) is 0.562. The lowest BCUT2D eigenvalue weighted by molar-refractivity contribution is -0.157. The largest absolute Gasteiger partial charge is 0.406 e. The summed E-state index contributed by atoms with van der Waals surface area (Å²) in [6.45, 7) is 0.815. The molecule has 0 fully saturated rings. The van der Waals surface area contributed by atoms with Crippen LogP contribution in [0.15, 0.2) is 24.3 Å². The predicted molar refractivity (Wildman–Crippen MR) is 79.9 cm³/mol. The van der Waals surface area contributed by atoms with Gasteiger partial charge in [0.2, 0.25) is 5.91 Å². The van der Waals surface area contributed by atoms with Gasteiger partial charge in [-0.2, -0.15) is 13.2 Å². The van der Waals surface area contributed by atoms with Gasteiger partial charge in [0.15, 0.2) is 0 Å². The molecule has 0 bridgehead atoms. The van der Waals surface area contributed by atoms with Crippen molar-refractivity contribution in [3.63, 3.8) is 0 Å². The summed E-state index contributed by atoms with van der Waals surface area (Å²) in [5.74, 6) is -0.507. The number of hydrogen-bond donors (Lipinski definition) is 0. The topological polar surface area (TPSA) is 23.6 Å². The highest BCUT2D eigenvalue weighted by atomic mass is 19.4. The molecule has 1 aliphatic heterocycles. The number of fused-ring (bicyclic) bond motifs is 1. The van der Waals surface area contributed by atoms with Crippen LogP contribution in [-0.2, 0) is 11.2 Å². The molecular formula is C16H21F3N2O. The standard InChI is InChI=1S/C16H21F3N2O/c1-3-13-9-8-12-6-4-5-7-14(12)21(13)10-15(22)20(2)11-16(17,18)19/h4-7,13H,3,8-11H2,1-2H3/t13-/m1/s1. The molecule has 22 heavy (non-hydrogen) atoms. The second-order valence-corrected chi connectivity index (χ2v) is 5.72. The van der Waals surface area contributed by atoms with Crippen LogP contribution < -0.4 is 4.90 Å². The Labute approximate surface area is 128 Å². The number of rotatable bonds is 4. The number of carbonyl (C=O) groups is 1. The molecule has 1 atom stereocenters. The minimum atomic E-state index is -4.37. The summed E-state index contributed by atoms with van der Waals surface area (Å²) in [5.41, 5.74) is 2.12. The van der Waals surface area contributed by atoms with Crippen molar-refractivity contribution in [2.75, 3.05) is 25.0 Å². The molecule has 0 N–H and O–H groups in total. The number of likely N-dealkylation sites (N-methyl/N-ethyl adjacent to an activating group) is 1. The summed E-state index contributed by atoms with van der Waals surface area (Å²) in [6.07, 6.45) is -1.64. The highest BCUT2D eigenvalue weighted by Crippen LogP contribution is 2.31. The monoisotopic (exact) mass is 314 g/mol. The van der Waals surface area contributed by atoms with Crippen molar-refractivity contribution in [1.82, 2.24) is 4.90 Å². The Balaban J connectivity index is 2.14. The summed E-state index contributed by atoms with van der Waals surface area (Å²) >= 11 is 0. The van der Waals surface area contributed by atoms with Crippen LogP contribution in [0.25, 0.3) is 0 Å². The van der Waals surface area contributed by atoms with Crippen LogP contribution in [0.4, 0.5) is 18.9 Å². The van der Waals surface area contributed by atoms with Crippen molar-refractivity contribution >= 4 is 11.6 Å². The zero-order chi connectivity index (χ0) is 16.3. The van der Waals surface area contributed by atoms with Crippen LogP contribution >= 0.6 is 0 Å². The molecule has 0 saturated heterocycles. The number of carbonyl (C=O) groups excluding carboxylic acids is 1. The molecule has 0 spiro atoms. The van der Waals surface area contributed by atoms with Crippen molar-refractivity contribution in [2.45, 2.75) is 38.4 Å². The first-order valence-corrected chi connectivity index (χ1v) is 7.47. The minimum absolute atomic E-state index is 0.0118. The van der Waals surface area contributed by atoms with Gasteiger partial charge < -0.3 is 9.80 Å². The predicted octanol–water partition coefficient (Wildman–Crippen LogP) is 3.24. The number of nitrogens with zero attached hydrogens (tertiary/aromatic N) is 2. The minimum Gasteiger partial charge on any atom is -0.359 e. The van der Waals surface area contributed by atoms with E-state index >= 15 is 0 Å². The number of amides is 1. The number of para-hydroxylation sites is 1. The number of anilines is 1. The first-order valence-electron chi connectivity index (χ1n) is 7.47. The van der Waals surface area contributed by atoms with E-state index in [2.05, 4.69) is 0 Å². The highest BCUT2D eigenvalue weighted by Gasteiger charge is 2.33. The maximum atomic E-state index is 12.4. The van der Waals surface area contributed by atoms with Gasteiger partial charge >= 0.3 is 6.18 Å². The van der Waals surface area contributed by atoms with Gasteiger partial charge in [-0.25, -0.2) is 0 Å². The molecule has 0 aromatic heterocycles. The third kappa shape index (κ3) is 3.93. The first kappa shape index (κ1) is 16.6. The molecule has 0 saturated carbocycles. The van der Waals surface area contributed by atoms with E-state index in [0.29, 0.717) is 0 Å². The lowest BCUT2D eigenvalue weighted by Gasteiger charge is -2.39. The van der Waals surface area contributed by atoms with Crippen molar-refractivity contribution in [3.8, 4) is 0 Å². The number of benzene rings is 1. The van der Waals surface area contributed by atoms with Crippen LogP contribution in [0.3, 0.4) is 0 Å². The summed E-state index contributed by atoms with van der Waals surface area (Å²) in [4.78, 5) is 14.9. The van der Waals surface area contributed by atoms with Crippen LogP contribution in [-0.4, -0.2) is 43.2 Å². The SMILES string of the molecule is CC[C@@H]1CCc2ccccc2N1CC(=O)N(C)CC(F)(F)F. The molecule has 6 heteroatoms. The average molecular weight is 314 g/mol. The van der Waals surface area contributed by atoms with Gasteiger partial charge in [0.05, 0.1) is 6.54 Å². The van der Waals surface area contributed by atoms with E-state index in [1.54, 1.807) is 0 Å². The quantitative estimate of drug-likeness (QED) is 0.852. The third-order valence-electron chi connectivity index (χ3n) is 4.11. The van der Waals surface area contributed by atoms with Gasteiger partial charge in [0.25, 0.3) is 0 Å². The van der Waals surface area contributed by atoms with E-state index in [1.807, 2.05) is 36.1 Å². The van der Waals surface area contributed by atoms with E-state index in [9.17, 15) is 18.0 Å². The molecule has 1 aromatic carbocycles. The lowest BCUT2D eigenvalue weighted by Crippen LogP contribution is -2.47. The van der Waals surface area contributed by atoms with Crippen molar-refractivity contribution < 1.29 is 18.0 Å². The number of halogens is 3. The summed E-state index contributed by atoms with van der Waals surface area (Å²) in [6, 6.07) is 7.99. The molecule has 1 aliphatic rings. The summed E-state index contributed by atoms with van der Waals surface area (Å²) < 4.78 is 37.3. The van der Waals surface area contributed by atoms with E-state index in [4.69, 9.17) is 0 Å². The van der Waals surface area contributed by atoms with Crippen molar-refractivity contribution in [1.29, 1.82) is 0 Å². The Hall–Kier alpha value is -1.72. The average Bonchev–Trinajstić information content (AvgIpc) is 2.45. The van der Waals surface area contributed by atoms with Gasteiger partial charge in [0.1, 0.15) is 6.54 Å². The molecular weight excluding hydrogens is 293 g/mol. The zero-order valence-electron chi connectivity index (χ0n) is 12.9. The number of aryl methyl sites for hydroxylation is 1. The smallest absolute Gasteiger partial charge is 0.359 e. The van der Waals surface area contributed by atoms with Crippen LogP contribution in [0.2, 0.25) is 0 Å². The molecule has 0 radical (unpaired) electrons. The molecule has 0 aliphatic carbocycles. The fourth-order valence-corrected chi connectivity index (χ4v) is 2.94. The Morgan fingerprint density at radius 3 is 2.68 bits per heavy atom. The first-order chi connectivity index (χ1) is 10.3. The van der Waals surface area contributed by atoms with Crippen LogP contribution in [0, 0.1) is 0 Å². The van der Waals surface area contributed by atoms with E-state index in [-0.39, 0.29) is 12.6 Å². The fourth-order valence-electron chi connectivity index (χ4n) is 2.94. The number of hydrogen-bond acceptors (Lipinski definition) is 2. The van der Waals surface area contributed by atoms with Gasteiger partial charge in [-0.05, 0) is 30.9 Å². The molecule has 3 nitrogen and oxygen atoms in total. The normalized spacial score (nSPS) is 18.0. The van der Waals surface area contributed by atoms with Crippen molar-refractivity contribution in [3.05, 3.63) is 29.8 Å². The maximum absolute atomic E-state index is 12.4. The van der Waals surface area contributed by atoms with Crippen LogP contribution in [0.1, 0.15) is 25.3 Å². The maximum Gasteiger partial charge on any atom is 0.406 e. The second-order valence-electron chi connectivity index (χ2n) is 5.72. The van der Waals surface area contributed by atoms with Crippen molar-refractivity contribution in [2.24, 2.45) is 0 Å². The van der Waals surface area contributed by atoms with Gasteiger partial charge in [-0.3, -0.25) is 4.79 Å². The molecule has 0 unspecified atom stereocenters. The van der Waals surface area contributed by atoms with Crippen LogP contribution in [0.5, 0.6) is 0 Å². The molecule has 122 valence electrons.